The predicted molar refractivity (Wildman–Crippen MR) is 39.1 cm³/mol. The molecule has 4 heteroatoms. The zero-order chi connectivity index (χ0) is 6.57. The van der Waals surface area contributed by atoms with Crippen LogP contribution in [0.3, 0.4) is 0 Å². The van der Waals surface area contributed by atoms with Crippen LogP contribution in [0.4, 0.5) is 0 Å². The summed E-state index contributed by atoms with van der Waals surface area (Å²) in [6.07, 6.45) is 1.12. The van der Waals surface area contributed by atoms with Crippen molar-refractivity contribution >= 4 is 31.9 Å². The fourth-order valence-electron chi connectivity index (χ4n) is 0.275. The third-order valence-corrected chi connectivity index (χ3v) is 1.56. The Hall–Kier alpha value is 0.880. The molecule has 50 valence electrons. The van der Waals surface area contributed by atoms with Crippen LogP contribution < -0.4 is 0 Å². The third-order valence-electron chi connectivity index (χ3n) is 0.643. The number of rotatable bonds is 3. The van der Waals surface area contributed by atoms with Gasteiger partial charge in [0.15, 0.2) is 0 Å². The van der Waals surface area contributed by atoms with Crippen molar-refractivity contribution in [2.24, 2.45) is 0 Å². The van der Waals surface area contributed by atoms with E-state index in [0.717, 1.165) is 0 Å². The van der Waals surface area contributed by atoms with E-state index in [1.54, 1.807) is 0 Å². The van der Waals surface area contributed by atoms with Gasteiger partial charge in [-0.05, 0) is 12.8 Å². The van der Waals surface area contributed by atoms with E-state index in [2.05, 4.69) is 31.9 Å². The number of hydrogen-bond acceptors (Lipinski definition) is 2. The molecule has 0 aliphatic carbocycles. The van der Waals surface area contributed by atoms with Crippen molar-refractivity contribution in [1.82, 2.24) is 0 Å². The first kappa shape index (κ1) is 8.88. The molecule has 2 N–H and O–H groups in total. The smallest absolute Gasteiger partial charge is 0.109 e. The van der Waals surface area contributed by atoms with Gasteiger partial charge in [-0.3, -0.25) is 0 Å². The van der Waals surface area contributed by atoms with Crippen LogP contribution >= 0.6 is 31.9 Å². The molecule has 0 aromatic rings. The number of aliphatic hydroxyl groups is 2. The zero-order valence-corrected chi connectivity index (χ0v) is 7.39. The lowest BCUT2D eigenvalue weighted by molar-refractivity contribution is 0.211. The minimum atomic E-state index is -0.491. The fraction of sp³-hybridized carbons (Fsp3) is 1.00. The van der Waals surface area contributed by atoms with E-state index >= 15 is 0 Å². The maximum absolute atomic E-state index is 8.59. The molecular weight excluding hydrogens is 240 g/mol. The predicted octanol–water partition coefficient (Wildman–Crippen LogP) is 1.19. The summed E-state index contributed by atoms with van der Waals surface area (Å²) in [6, 6.07) is 0. The summed E-state index contributed by atoms with van der Waals surface area (Å²) in [5.41, 5.74) is 0. The Balaban J connectivity index is 2.93. The summed E-state index contributed by atoms with van der Waals surface area (Å²) in [4.78, 5) is 0. The van der Waals surface area contributed by atoms with Crippen molar-refractivity contribution in [3.8, 4) is 0 Å². The Morgan fingerprint density at radius 3 is 1.38 bits per heavy atom. The SMILES string of the molecule is OC(Br)CCC(O)Br. The minimum Gasteiger partial charge on any atom is -0.382 e. The molecule has 0 saturated carbocycles. The van der Waals surface area contributed by atoms with Crippen LogP contribution in [0.2, 0.25) is 0 Å². The lowest BCUT2D eigenvalue weighted by atomic mass is 10.3. The summed E-state index contributed by atoms with van der Waals surface area (Å²) in [6.45, 7) is 0. The molecule has 0 aliphatic heterocycles. The summed E-state index contributed by atoms with van der Waals surface area (Å²) < 4.78 is 0. The van der Waals surface area contributed by atoms with E-state index in [-0.39, 0.29) is 0 Å². The average Bonchev–Trinajstić information content (AvgIpc) is 1.61. The Morgan fingerprint density at radius 1 is 1.00 bits per heavy atom. The van der Waals surface area contributed by atoms with Crippen LogP contribution in [0.25, 0.3) is 0 Å². The monoisotopic (exact) mass is 246 g/mol. The van der Waals surface area contributed by atoms with Crippen molar-refractivity contribution in [1.29, 1.82) is 0 Å². The standard InChI is InChI=1S/C4H8Br2O2/c5-3(7)1-2-4(6)8/h3-4,7-8H,1-2H2. The van der Waals surface area contributed by atoms with Gasteiger partial charge in [0.2, 0.25) is 0 Å². The molecule has 2 atom stereocenters. The first-order valence-electron chi connectivity index (χ1n) is 2.27. The molecule has 0 rings (SSSR count). The van der Waals surface area contributed by atoms with E-state index in [9.17, 15) is 0 Å². The van der Waals surface area contributed by atoms with Gasteiger partial charge in [0.25, 0.3) is 0 Å². The Bertz CT molecular complexity index is 48.0. The molecule has 0 amide bonds. The Labute approximate surface area is 65.2 Å². The highest BCUT2D eigenvalue weighted by Crippen LogP contribution is 2.09. The molecule has 0 aromatic heterocycles. The Kier molecular flexibility index (Phi) is 5.25. The highest BCUT2D eigenvalue weighted by atomic mass is 79.9. The molecule has 2 unspecified atom stereocenters. The Morgan fingerprint density at radius 2 is 1.25 bits per heavy atom. The number of alkyl halides is 2. The third kappa shape index (κ3) is 6.88. The highest BCUT2D eigenvalue weighted by Gasteiger charge is 2.00. The summed E-state index contributed by atoms with van der Waals surface area (Å²) in [7, 11) is 0. The molecule has 0 saturated heterocycles. The molecule has 8 heavy (non-hydrogen) atoms. The fourth-order valence-corrected chi connectivity index (χ4v) is 0.804. The van der Waals surface area contributed by atoms with Crippen molar-refractivity contribution in [2.75, 3.05) is 0 Å². The van der Waals surface area contributed by atoms with Gasteiger partial charge in [-0.15, -0.1) is 0 Å². The summed E-state index contributed by atoms with van der Waals surface area (Å²) in [5, 5.41) is 16.2. The molecule has 0 heterocycles. The minimum absolute atomic E-state index is 0.491. The second-order valence-electron chi connectivity index (χ2n) is 1.45. The number of aliphatic hydroxyl groups excluding tert-OH is 2. The van der Waals surface area contributed by atoms with Crippen LogP contribution in [-0.4, -0.2) is 20.2 Å². The van der Waals surface area contributed by atoms with Crippen LogP contribution in [-0.2, 0) is 0 Å². The van der Waals surface area contributed by atoms with E-state index in [4.69, 9.17) is 10.2 Å². The van der Waals surface area contributed by atoms with Crippen molar-refractivity contribution < 1.29 is 10.2 Å². The van der Waals surface area contributed by atoms with Gasteiger partial charge in [0.1, 0.15) is 10.0 Å². The number of hydrogen-bond donors (Lipinski definition) is 2. The molecule has 0 fully saturated rings. The van der Waals surface area contributed by atoms with Gasteiger partial charge in [-0.2, -0.15) is 0 Å². The zero-order valence-electron chi connectivity index (χ0n) is 4.22. The summed E-state index contributed by atoms with van der Waals surface area (Å²) in [5.74, 6) is 0. The average molecular weight is 248 g/mol. The molecule has 0 bridgehead atoms. The molecule has 0 aliphatic rings. The number of halogens is 2. The molecule has 0 radical (unpaired) electrons. The van der Waals surface area contributed by atoms with Gasteiger partial charge in [0.05, 0.1) is 0 Å². The van der Waals surface area contributed by atoms with Crippen LogP contribution in [0.15, 0.2) is 0 Å². The van der Waals surface area contributed by atoms with Gasteiger partial charge in [-0.1, -0.05) is 31.9 Å². The van der Waals surface area contributed by atoms with Crippen LogP contribution in [0.1, 0.15) is 12.8 Å². The topological polar surface area (TPSA) is 40.5 Å². The summed E-state index contributed by atoms with van der Waals surface area (Å²) >= 11 is 5.85. The van der Waals surface area contributed by atoms with Gasteiger partial charge in [-0.25, -0.2) is 0 Å². The molecule has 0 spiro atoms. The lowest BCUT2D eigenvalue weighted by Gasteiger charge is -2.01. The van der Waals surface area contributed by atoms with Crippen molar-refractivity contribution in [3.05, 3.63) is 0 Å². The van der Waals surface area contributed by atoms with Gasteiger partial charge in [0, 0.05) is 0 Å². The highest BCUT2D eigenvalue weighted by molar-refractivity contribution is 9.09. The van der Waals surface area contributed by atoms with E-state index in [0.29, 0.717) is 12.8 Å². The first-order chi connectivity index (χ1) is 3.63. The van der Waals surface area contributed by atoms with E-state index < -0.39 is 10.0 Å². The first-order valence-corrected chi connectivity index (χ1v) is 4.10. The van der Waals surface area contributed by atoms with Crippen LogP contribution in [0, 0.1) is 0 Å². The quantitative estimate of drug-likeness (QED) is 0.736. The van der Waals surface area contributed by atoms with E-state index in [1.165, 1.54) is 0 Å². The maximum atomic E-state index is 8.59. The largest absolute Gasteiger partial charge is 0.382 e. The van der Waals surface area contributed by atoms with Crippen LogP contribution in [0.5, 0.6) is 0 Å². The van der Waals surface area contributed by atoms with E-state index in [1.807, 2.05) is 0 Å². The van der Waals surface area contributed by atoms with Crippen molar-refractivity contribution in [2.45, 2.75) is 22.9 Å². The molecule has 0 aromatic carbocycles. The second kappa shape index (κ2) is 4.73. The van der Waals surface area contributed by atoms with Gasteiger partial charge >= 0.3 is 0 Å². The normalized spacial score (nSPS) is 18.0. The molecule has 2 nitrogen and oxygen atoms in total. The molecular formula is C4H8Br2O2. The second-order valence-corrected chi connectivity index (χ2v) is 3.56. The van der Waals surface area contributed by atoms with Crippen molar-refractivity contribution in [3.63, 3.8) is 0 Å². The van der Waals surface area contributed by atoms with Gasteiger partial charge < -0.3 is 10.2 Å². The lowest BCUT2D eigenvalue weighted by Crippen LogP contribution is -2.01. The maximum Gasteiger partial charge on any atom is 0.109 e.